The first-order valence-corrected chi connectivity index (χ1v) is 6.63. The molecule has 21 heavy (non-hydrogen) atoms. The number of halogens is 1. The second-order valence-electron chi connectivity index (χ2n) is 4.31. The highest BCUT2D eigenvalue weighted by atomic mass is 35.5. The summed E-state index contributed by atoms with van der Waals surface area (Å²) < 4.78 is 10.5. The molecule has 5 nitrogen and oxygen atoms in total. The summed E-state index contributed by atoms with van der Waals surface area (Å²) >= 11 is 5.77. The Hall–Kier alpha value is -2.11. The number of carboxylic acid groups (broad SMARTS) is 1. The molecule has 0 saturated heterocycles. The molecule has 110 valence electrons. The summed E-state index contributed by atoms with van der Waals surface area (Å²) in [4.78, 5) is 14.9. The first-order valence-electron chi connectivity index (χ1n) is 6.25. The maximum absolute atomic E-state index is 10.9. The zero-order valence-electron chi connectivity index (χ0n) is 11.4. The summed E-state index contributed by atoms with van der Waals surface area (Å²) in [6.07, 6.45) is 0.815. The number of hydrogen-bond acceptors (Lipinski definition) is 4. The minimum atomic E-state index is -1.08. The Bertz CT molecular complexity index is 628. The topological polar surface area (TPSA) is 68.7 Å². The highest BCUT2D eigenvalue weighted by Crippen LogP contribution is 2.23. The Morgan fingerprint density at radius 2 is 2.00 bits per heavy atom. The molecule has 2 aromatic rings. The molecule has 0 unspecified atom stereocenters. The van der Waals surface area contributed by atoms with Gasteiger partial charge in [0.15, 0.2) is 0 Å². The molecule has 0 bridgehead atoms. The summed E-state index contributed by atoms with van der Waals surface area (Å²) in [6.45, 7) is 0.651. The quantitative estimate of drug-likeness (QED) is 0.828. The highest BCUT2D eigenvalue weighted by Gasteiger charge is 2.09. The van der Waals surface area contributed by atoms with Gasteiger partial charge in [0.25, 0.3) is 0 Å². The zero-order chi connectivity index (χ0) is 15.2. The number of ether oxygens (including phenoxy) is 2. The van der Waals surface area contributed by atoms with E-state index < -0.39 is 5.97 Å². The molecule has 0 amide bonds. The fourth-order valence-corrected chi connectivity index (χ4v) is 1.91. The van der Waals surface area contributed by atoms with Gasteiger partial charge in [0.1, 0.15) is 10.9 Å². The number of methoxy groups -OCH3 is 1. The first kappa shape index (κ1) is 15.3. The normalized spacial score (nSPS) is 10.4. The van der Waals surface area contributed by atoms with Gasteiger partial charge in [-0.1, -0.05) is 23.7 Å². The number of hydrogen-bond donors (Lipinski definition) is 1. The predicted molar refractivity (Wildman–Crippen MR) is 78.3 cm³/mol. The number of carboxylic acids is 1. The Morgan fingerprint density at radius 1 is 1.29 bits per heavy atom. The van der Waals surface area contributed by atoms with E-state index in [1.807, 2.05) is 12.1 Å². The average molecular weight is 308 g/mol. The van der Waals surface area contributed by atoms with Crippen LogP contribution in [0.1, 0.15) is 15.9 Å². The van der Waals surface area contributed by atoms with Gasteiger partial charge in [0, 0.05) is 13.2 Å². The number of rotatable bonds is 6. The van der Waals surface area contributed by atoms with Gasteiger partial charge in [-0.25, -0.2) is 9.78 Å². The van der Waals surface area contributed by atoms with E-state index in [9.17, 15) is 4.79 Å². The van der Waals surface area contributed by atoms with Crippen LogP contribution in [0.25, 0.3) is 0 Å². The van der Waals surface area contributed by atoms with Crippen molar-refractivity contribution in [1.29, 1.82) is 0 Å². The maximum atomic E-state index is 10.9. The van der Waals surface area contributed by atoms with Gasteiger partial charge in [-0.05, 0) is 30.2 Å². The second kappa shape index (κ2) is 7.06. The molecule has 0 fully saturated rings. The Labute approximate surface area is 127 Å². The van der Waals surface area contributed by atoms with Crippen molar-refractivity contribution in [2.45, 2.75) is 6.42 Å². The van der Waals surface area contributed by atoms with Crippen LogP contribution < -0.4 is 4.74 Å². The van der Waals surface area contributed by atoms with Gasteiger partial charge in [-0.3, -0.25) is 0 Å². The van der Waals surface area contributed by atoms with Crippen LogP contribution in [0, 0.1) is 0 Å². The van der Waals surface area contributed by atoms with E-state index in [0.717, 1.165) is 12.0 Å². The van der Waals surface area contributed by atoms with Crippen LogP contribution in [0.4, 0.5) is 0 Å². The van der Waals surface area contributed by atoms with Crippen molar-refractivity contribution in [3.05, 3.63) is 52.7 Å². The van der Waals surface area contributed by atoms with Gasteiger partial charge < -0.3 is 14.6 Å². The molecule has 1 aromatic carbocycles. The molecule has 0 spiro atoms. The molecule has 0 aliphatic rings. The van der Waals surface area contributed by atoms with Crippen LogP contribution in [0.15, 0.2) is 36.4 Å². The van der Waals surface area contributed by atoms with E-state index in [4.69, 9.17) is 26.2 Å². The third-order valence-corrected chi connectivity index (χ3v) is 2.95. The molecule has 1 heterocycles. The first-order chi connectivity index (χ1) is 10.1. The lowest BCUT2D eigenvalue weighted by atomic mass is 10.1. The van der Waals surface area contributed by atoms with Gasteiger partial charge in [0.05, 0.1) is 12.2 Å². The number of aromatic carboxylic acids is 1. The summed E-state index contributed by atoms with van der Waals surface area (Å²) in [5.41, 5.74) is 1.15. The lowest BCUT2D eigenvalue weighted by Gasteiger charge is -2.07. The summed E-state index contributed by atoms with van der Waals surface area (Å²) in [6, 6.07) is 9.99. The van der Waals surface area contributed by atoms with Crippen molar-refractivity contribution >= 4 is 17.6 Å². The molecule has 6 heteroatoms. The minimum Gasteiger partial charge on any atom is -0.478 e. The van der Waals surface area contributed by atoms with Crippen molar-refractivity contribution < 1.29 is 19.4 Å². The molecule has 0 saturated carbocycles. The summed E-state index contributed by atoms with van der Waals surface area (Å²) in [5.74, 6) is -0.383. The van der Waals surface area contributed by atoms with E-state index in [-0.39, 0.29) is 16.6 Å². The molecular formula is C15H14ClNO4. The minimum absolute atomic E-state index is 0.0294. The number of benzene rings is 1. The SMILES string of the molecule is COCCc1ccc(Oc2cc(C(=O)O)cc(Cl)n2)cc1. The average Bonchev–Trinajstić information content (AvgIpc) is 2.46. The molecule has 2 rings (SSSR count). The molecule has 0 aliphatic carbocycles. The van der Waals surface area contributed by atoms with Crippen molar-refractivity contribution in [3.63, 3.8) is 0 Å². The van der Waals surface area contributed by atoms with Gasteiger partial charge in [-0.15, -0.1) is 0 Å². The van der Waals surface area contributed by atoms with Gasteiger partial charge >= 0.3 is 5.97 Å². The third-order valence-electron chi connectivity index (χ3n) is 2.76. The lowest BCUT2D eigenvalue weighted by molar-refractivity contribution is 0.0696. The number of pyridine rings is 1. The molecule has 0 atom stereocenters. The largest absolute Gasteiger partial charge is 0.478 e. The third kappa shape index (κ3) is 4.44. The summed E-state index contributed by atoms with van der Waals surface area (Å²) in [5, 5.41) is 9.04. The fraction of sp³-hybridized carbons (Fsp3) is 0.200. The van der Waals surface area contributed by atoms with E-state index in [1.54, 1.807) is 19.2 Å². The molecule has 1 N–H and O–H groups in total. The van der Waals surface area contributed by atoms with Crippen molar-refractivity contribution in [2.75, 3.05) is 13.7 Å². The maximum Gasteiger partial charge on any atom is 0.335 e. The molecular weight excluding hydrogens is 294 g/mol. The Morgan fingerprint density at radius 3 is 2.62 bits per heavy atom. The molecule has 0 radical (unpaired) electrons. The van der Waals surface area contributed by atoms with Crippen LogP contribution in [0.3, 0.4) is 0 Å². The summed E-state index contributed by atoms with van der Waals surface area (Å²) in [7, 11) is 1.66. The molecule has 1 aromatic heterocycles. The van der Waals surface area contributed by atoms with Crippen LogP contribution >= 0.6 is 11.6 Å². The Balaban J connectivity index is 2.12. The zero-order valence-corrected chi connectivity index (χ0v) is 12.1. The monoisotopic (exact) mass is 307 g/mol. The standard InChI is InChI=1S/C15H14ClNO4/c1-20-7-6-10-2-4-12(5-3-10)21-14-9-11(15(18)19)8-13(16)17-14/h2-5,8-9H,6-7H2,1H3,(H,18,19). The van der Waals surface area contributed by atoms with Crippen LogP contribution in [0.2, 0.25) is 5.15 Å². The van der Waals surface area contributed by atoms with Crippen molar-refractivity contribution in [3.8, 4) is 11.6 Å². The highest BCUT2D eigenvalue weighted by molar-refractivity contribution is 6.29. The van der Waals surface area contributed by atoms with Gasteiger partial charge in [0.2, 0.25) is 5.88 Å². The lowest BCUT2D eigenvalue weighted by Crippen LogP contribution is -1.99. The second-order valence-corrected chi connectivity index (χ2v) is 4.70. The molecule has 0 aliphatic heterocycles. The fourth-order valence-electron chi connectivity index (χ4n) is 1.71. The van der Waals surface area contributed by atoms with Crippen LogP contribution in [0.5, 0.6) is 11.6 Å². The van der Waals surface area contributed by atoms with Crippen LogP contribution in [-0.2, 0) is 11.2 Å². The Kier molecular flexibility index (Phi) is 5.14. The van der Waals surface area contributed by atoms with E-state index in [1.165, 1.54) is 12.1 Å². The van der Waals surface area contributed by atoms with Crippen molar-refractivity contribution in [1.82, 2.24) is 4.98 Å². The van der Waals surface area contributed by atoms with Gasteiger partial charge in [-0.2, -0.15) is 0 Å². The van der Waals surface area contributed by atoms with E-state index in [0.29, 0.717) is 12.4 Å². The van der Waals surface area contributed by atoms with Crippen LogP contribution in [-0.4, -0.2) is 29.8 Å². The van der Waals surface area contributed by atoms with E-state index in [2.05, 4.69) is 4.98 Å². The van der Waals surface area contributed by atoms with E-state index >= 15 is 0 Å². The number of nitrogens with zero attached hydrogens (tertiary/aromatic N) is 1. The number of aromatic nitrogens is 1. The predicted octanol–water partition coefficient (Wildman–Crippen LogP) is 3.41. The number of carbonyl (C=O) groups is 1. The van der Waals surface area contributed by atoms with Crippen molar-refractivity contribution in [2.24, 2.45) is 0 Å². The smallest absolute Gasteiger partial charge is 0.335 e.